The van der Waals surface area contributed by atoms with Crippen LogP contribution in [-0.2, 0) is 22.5 Å². The molecule has 0 bridgehead atoms. The number of hydrogen-bond donors (Lipinski definition) is 0. The predicted molar refractivity (Wildman–Crippen MR) is 124 cm³/mol. The van der Waals surface area contributed by atoms with Gasteiger partial charge < -0.3 is 14.4 Å². The number of rotatable bonds is 6. The average Bonchev–Trinajstić information content (AvgIpc) is 3.28. The normalized spacial score (nSPS) is 13.3. The van der Waals surface area contributed by atoms with Gasteiger partial charge in [-0.25, -0.2) is 4.98 Å². The Bertz CT molecular complexity index is 1250. The van der Waals surface area contributed by atoms with Crippen LogP contribution < -0.4 is 9.64 Å². The number of hydrogen-bond acceptors (Lipinski definition) is 5. The molecule has 0 saturated heterocycles. The Balaban J connectivity index is 1.50. The Morgan fingerprint density at radius 3 is 2.90 bits per heavy atom. The number of fused-ring (bicyclic) bond motifs is 2. The first-order valence-corrected chi connectivity index (χ1v) is 11.1. The number of nitrogens with zero attached hydrogens (tertiary/aromatic N) is 2. The van der Waals surface area contributed by atoms with Crippen LogP contribution in [0.5, 0.6) is 5.75 Å². The van der Waals surface area contributed by atoms with Gasteiger partial charge in [-0.2, -0.15) is 0 Å². The van der Waals surface area contributed by atoms with Crippen LogP contribution in [0.1, 0.15) is 10.6 Å². The van der Waals surface area contributed by atoms with Gasteiger partial charge in [-0.1, -0.05) is 42.5 Å². The molecule has 1 amide bonds. The van der Waals surface area contributed by atoms with Crippen LogP contribution in [0.15, 0.2) is 66.0 Å². The fourth-order valence-corrected chi connectivity index (χ4v) is 4.67. The molecule has 0 spiro atoms. The average molecular weight is 431 g/mol. The molecule has 2 heterocycles. The third-order valence-corrected chi connectivity index (χ3v) is 6.39. The van der Waals surface area contributed by atoms with Crippen LogP contribution in [0.3, 0.4) is 0 Å². The van der Waals surface area contributed by atoms with Crippen molar-refractivity contribution in [1.29, 1.82) is 0 Å². The summed E-state index contributed by atoms with van der Waals surface area (Å²) in [4.78, 5) is 19.4. The van der Waals surface area contributed by atoms with Gasteiger partial charge in [0.15, 0.2) is 6.61 Å². The molecule has 1 aliphatic rings. The second-order valence-electron chi connectivity index (χ2n) is 7.46. The van der Waals surface area contributed by atoms with E-state index in [4.69, 9.17) is 14.5 Å². The summed E-state index contributed by atoms with van der Waals surface area (Å²) < 4.78 is 10.9. The number of aromatic nitrogens is 1. The zero-order valence-corrected chi connectivity index (χ0v) is 18.0. The van der Waals surface area contributed by atoms with Crippen molar-refractivity contribution in [3.8, 4) is 17.0 Å². The van der Waals surface area contributed by atoms with Crippen LogP contribution >= 0.6 is 11.3 Å². The van der Waals surface area contributed by atoms with Crippen molar-refractivity contribution in [3.63, 3.8) is 0 Å². The summed E-state index contributed by atoms with van der Waals surface area (Å²) in [5.41, 5.74) is 3.77. The first-order chi connectivity index (χ1) is 15.2. The third kappa shape index (κ3) is 3.92. The smallest absolute Gasteiger partial charge is 0.265 e. The summed E-state index contributed by atoms with van der Waals surface area (Å²) in [5.74, 6) is 0.676. The Labute approximate surface area is 184 Å². The van der Waals surface area contributed by atoms with E-state index in [0.29, 0.717) is 13.2 Å². The summed E-state index contributed by atoms with van der Waals surface area (Å²) in [6.07, 6.45) is 0.793. The number of anilines is 1. The lowest BCUT2D eigenvalue weighted by molar-refractivity contribution is -0.121. The lowest BCUT2D eigenvalue weighted by Gasteiger charge is -2.30. The fraction of sp³-hybridized carbons (Fsp3) is 0.200. The molecule has 5 rings (SSSR count). The quantitative estimate of drug-likeness (QED) is 0.428. The minimum absolute atomic E-state index is 0.0448. The van der Waals surface area contributed by atoms with E-state index >= 15 is 0 Å². The topological polar surface area (TPSA) is 51.7 Å². The molecule has 0 fully saturated rings. The molecule has 0 radical (unpaired) electrons. The van der Waals surface area contributed by atoms with E-state index in [2.05, 4.69) is 24.3 Å². The highest BCUT2D eigenvalue weighted by atomic mass is 32.1. The van der Waals surface area contributed by atoms with Crippen LogP contribution in [0.4, 0.5) is 5.69 Å². The second kappa shape index (κ2) is 8.49. The van der Waals surface area contributed by atoms with Gasteiger partial charge in [0.2, 0.25) is 0 Å². The number of ether oxygens (including phenoxy) is 2. The summed E-state index contributed by atoms with van der Waals surface area (Å²) >= 11 is 1.62. The molecule has 0 unspecified atom stereocenters. The van der Waals surface area contributed by atoms with Crippen molar-refractivity contribution in [2.24, 2.45) is 0 Å². The molecular formula is C25H22N2O3S. The molecule has 31 heavy (non-hydrogen) atoms. The molecule has 1 aromatic heterocycles. The van der Waals surface area contributed by atoms with Crippen molar-refractivity contribution < 1.29 is 14.3 Å². The van der Waals surface area contributed by atoms with E-state index in [1.54, 1.807) is 18.4 Å². The highest BCUT2D eigenvalue weighted by Crippen LogP contribution is 2.37. The van der Waals surface area contributed by atoms with Gasteiger partial charge in [0.25, 0.3) is 5.91 Å². The van der Waals surface area contributed by atoms with E-state index in [9.17, 15) is 4.79 Å². The number of benzene rings is 3. The Morgan fingerprint density at radius 2 is 2.00 bits per heavy atom. The molecule has 0 N–H and O–H groups in total. The lowest BCUT2D eigenvalue weighted by atomic mass is 10.0. The summed E-state index contributed by atoms with van der Waals surface area (Å²) in [7, 11) is 1.69. The maximum Gasteiger partial charge on any atom is 0.265 e. The molecule has 156 valence electrons. The fourth-order valence-electron chi connectivity index (χ4n) is 3.88. The van der Waals surface area contributed by atoms with Crippen molar-refractivity contribution in [1.82, 2.24) is 4.98 Å². The minimum Gasteiger partial charge on any atom is -0.482 e. The van der Waals surface area contributed by atoms with Gasteiger partial charge in [0, 0.05) is 24.5 Å². The molecule has 4 aromatic rings. The predicted octanol–water partition coefficient (Wildman–Crippen LogP) is 5.08. The molecule has 5 nitrogen and oxygen atoms in total. The highest BCUT2D eigenvalue weighted by Gasteiger charge is 2.27. The van der Waals surface area contributed by atoms with E-state index in [-0.39, 0.29) is 12.5 Å². The van der Waals surface area contributed by atoms with Crippen molar-refractivity contribution in [2.75, 3.05) is 25.2 Å². The maximum atomic E-state index is 12.8. The van der Waals surface area contributed by atoms with Gasteiger partial charge in [-0.05, 0) is 34.5 Å². The molecule has 6 heteroatoms. The Hall–Kier alpha value is -3.22. The van der Waals surface area contributed by atoms with Gasteiger partial charge in [0.05, 0.1) is 29.5 Å². The van der Waals surface area contributed by atoms with Gasteiger partial charge in [-0.15, -0.1) is 11.3 Å². The summed E-state index contributed by atoms with van der Waals surface area (Å²) in [5, 5.41) is 5.41. The molecule has 3 aromatic carbocycles. The number of amides is 1. The third-order valence-electron chi connectivity index (χ3n) is 5.48. The standard InChI is InChI=1S/C25H22N2O3S/c1-29-12-11-24-26-21(16-31-24)18-9-10-23-22(13-18)27(25(28)15-30-23)14-19-7-4-6-17-5-2-3-8-20(17)19/h2-10,13,16H,11-12,14-15H2,1H3. The van der Waals surface area contributed by atoms with Gasteiger partial charge in [-0.3, -0.25) is 4.79 Å². The number of carbonyl (C=O) groups is 1. The molecule has 0 aliphatic carbocycles. The van der Waals surface area contributed by atoms with Crippen LogP contribution in [0.2, 0.25) is 0 Å². The van der Waals surface area contributed by atoms with Gasteiger partial charge >= 0.3 is 0 Å². The van der Waals surface area contributed by atoms with Crippen molar-refractivity contribution >= 4 is 33.7 Å². The van der Waals surface area contributed by atoms with E-state index < -0.39 is 0 Å². The van der Waals surface area contributed by atoms with Crippen molar-refractivity contribution in [2.45, 2.75) is 13.0 Å². The van der Waals surface area contributed by atoms with E-state index in [0.717, 1.165) is 45.1 Å². The maximum absolute atomic E-state index is 12.8. The van der Waals surface area contributed by atoms with E-state index in [1.807, 2.05) is 46.7 Å². The SMILES string of the molecule is COCCc1nc(-c2ccc3c(c2)N(Cc2cccc4ccccc24)C(=O)CO3)cs1. The first kappa shape index (κ1) is 19.7. The van der Waals surface area contributed by atoms with Crippen LogP contribution in [0, 0.1) is 0 Å². The lowest BCUT2D eigenvalue weighted by Crippen LogP contribution is -2.38. The monoisotopic (exact) mass is 430 g/mol. The first-order valence-electron chi connectivity index (χ1n) is 10.2. The molecule has 0 saturated carbocycles. The number of methoxy groups -OCH3 is 1. The zero-order chi connectivity index (χ0) is 21.2. The molecule has 1 aliphatic heterocycles. The van der Waals surface area contributed by atoms with Crippen LogP contribution in [-0.4, -0.2) is 31.2 Å². The summed E-state index contributed by atoms with van der Waals surface area (Å²) in [6.45, 7) is 1.20. The molecular weight excluding hydrogens is 408 g/mol. The Morgan fingerprint density at radius 1 is 1.13 bits per heavy atom. The second-order valence-corrected chi connectivity index (χ2v) is 8.40. The number of thiazole rings is 1. The van der Waals surface area contributed by atoms with Crippen LogP contribution in [0.25, 0.3) is 22.0 Å². The minimum atomic E-state index is -0.0448. The zero-order valence-electron chi connectivity index (χ0n) is 17.2. The van der Waals surface area contributed by atoms with Crippen molar-refractivity contribution in [3.05, 3.63) is 76.6 Å². The largest absolute Gasteiger partial charge is 0.482 e. The molecule has 0 atom stereocenters. The number of carbonyl (C=O) groups excluding carboxylic acids is 1. The van der Waals surface area contributed by atoms with Gasteiger partial charge in [0.1, 0.15) is 5.75 Å². The summed E-state index contributed by atoms with van der Waals surface area (Å²) in [6, 6.07) is 20.4. The Kier molecular flexibility index (Phi) is 5.40. The highest BCUT2D eigenvalue weighted by molar-refractivity contribution is 7.09. The van der Waals surface area contributed by atoms with E-state index in [1.165, 1.54) is 5.39 Å².